The molecule has 0 spiro atoms. The van der Waals surface area contributed by atoms with E-state index in [0.717, 1.165) is 33.2 Å². The standard InChI is InChI=1S/C25H30BNO5/c1-6-29-22(28)15-18-9-7-8-10-21(18)27-16-17-13-19-11-12-30-23(19)20(14-17)26-31-24(2,3)25(4,5)32-26/h7-14,27H,6,15-16H2,1-5H3. The lowest BCUT2D eigenvalue weighted by Gasteiger charge is -2.32. The molecule has 1 aliphatic rings. The third-order valence-electron chi connectivity index (χ3n) is 6.29. The van der Waals surface area contributed by atoms with Crippen LogP contribution < -0.4 is 10.8 Å². The van der Waals surface area contributed by atoms with Crippen LogP contribution in [-0.4, -0.2) is 30.9 Å². The van der Waals surface area contributed by atoms with Crippen LogP contribution in [0, 0.1) is 0 Å². The molecule has 0 amide bonds. The van der Waals surface area contributed by atoms with Gasteiger partial charge in [0.05, 0.1) is 30.5 Å². The molecule has 0 unspecified atom stereocenters. The predicted molar refractivity (Wildman–Crippen MR) is 126 cm³/mol. The topological polar surface area (TPSA) is 69.9 Å². The Balaban J connectivity index is 1.58. The Morgan fingerprint density at radius 1 is 1.06 bits per heavy atom. The van der Waals surface area contributed by atoms with E-state index < -0.39 is 18.3 Å². The summed E-state index contributed by atoms with van der Waals surface area (Å²) in [5.74, 6) is -0.232. The number of carbonyl (C=O) groups is 1. The molecule has 0 bridgehead atoms. The number of furan rings is 1. The molecule has 32 heavy (non-hydrogen) atoms. The van der Waals surface area contributed by atoms with Crippen molar-refractivity contribution in [3.05, 3.63) is 59.9 Å². The Kier molecular flexibility index (Phi) is 6.06. The maximum Gasteiger partial charge on any atom is 0.498 e. The third-order valence-corrected chi connectivity index (χ3v) is 6.29. The molecule has 1 fully saturated rings. The number of esters is 1. The maximum atomic E-state index is 12.0. The van der Waals surface area contributed by atoms with Crippen LogP contribution >= 0.6 is 0 Å². The fourth-order valence-electron chi connectivity index (χ4n) is 3.83. The number of hydrogen-bond acceptors (Lipinski definition) is 6. The number of nitrogens with one attached hydrogen (secondary N) is 1. The summed E-state index contributed by atoms with van der Waals surface area (Å²) in [6.45, 7) is 10.9. The summed E-state index contributed by atoms with van der Waals surface area (Å²) in [5, 5.41) is 4.46. The molecule has 0 atom stereocenters. The van der Waals surface area contributed by atoms with Crippen LogP contribution in [0.2, 0.25) is 0 Å². The molecule has 2 heterocycles. The molecule has 168 valence electrons. The van der Waals surface area contributed by atoms with Crippen molar-refractivity contribution in [1.82, 2.24) is 0 Å². The first-order valence-corrected chi connectivity index (χ1v) is 11.0. The van der Waals surface area contributed by atoms with Crippen molar-refractivity contribution in [2.24, 2.45) is 0 Å². The molecule has 1 saturated heterocycles. The predicted octanol–water partition coefficient (Wildman–Crippen LogP) is 4.45. The van der Waals surface area contributed by atoms with Crippen molar-refractivity contribution in [2.45, 2.75) is 58.8 Å². The fourth-order valence-corrected chi connectivity index (χ4v) is 3.83. The second-order valence-corrected chi connectivity index (χ2v) is 9.10. The van der Waals surface area contributed by atoms with E-state index in [1.807, 2.05) is 65.0 Å². The van der Waals surface area contributed by atoms with Gasteiger partial charge in [0.25, 0.3) is 0 Å². The summed E-state index contributed by atoms with van der Waals surface area (Å²) in [4.78, 5) is 12.0. The minimum absolute atomic E-state index is 0.232. The number of anilines is 1. The molecular formula is C25H30BNO5. The summed E-state index contributed by atoms with van der Waals surface area (Å²) in [6, 6.07) is 13.9. The van der Waals surface area contributed by atoms with Gasteiger partial charge in [0.15, 0.2) is 0 Å². The van der Waals surface area contributed by atoms with Gasteiger partial charge in [-0.15, -0.1) is 0 Å². The van der Waals surface area contributed by atoms with Gasteiger partial charge in [-0.25, -0.2) is 0 Å². The Bertz CT molecular complexity index is 1100. The zero-order valence-electron chi connectivity index (χ0n) is 19.4. The number of carbonyl (C=O) groups excluding carboxylic acids is 1. The van der Waals surface area contributed by atoms with Crippen molar-refractivity contribution in [2.75, 3.05) is 11.9 Å². The molecule has 0 aliphatic carbocycles. The minimum Gasteiger partial charge on any atom is -0.466 e. The molecule has 1 aromatic heterocycles. The summed E-state index contributed by atoms with van der Waals surface area (Å²) in [7, 11) is -0.510. The van der Waals surface area contributed by atoms with Crippen LogP contribution in [-0.2, 0) is 31.8 Å². The Labute approximate surface area is 189 Å². The molecule has 6 nitrogen and oxygen atoms in total. The number of rotatable bonds is 7. The van der Waals surface area contributed by atoms with E-state index in [9.17, 15) is 4.79 Å². The quantitative estimate of drug-likeness (QED) is 0.437. The highest BCUT2D eigenvalue weighted by atomic mass is 16.7. The lowest BCUT2D eigenvalue weighted by molar-refractivity contribution is -0.142. The first kappa shape index (κ1) is 22.4. The van der Waals surface area contributed by atoms with Crippen LogP contribution in [0.15, 0.2) is 53.1 Å². The van der Waals surface area contributed by atoms with Crippen LogP contribution in [0.25, 0.3) is 11.0 Å². The van der Waals surface area contributed by atoms with E-state index in [1.165, 1.54) is 0 Å². The van der Waals surface area contributed by atoms with E-state index in [4.69, 9.17) is 18.5 Å². The van der Waals surface area contributed by atoms with Crippen LogP contribution in [0.4, 0.5) is 5.69 Å². The summed E-state index contributed by atoms with van der Waals surface area (Å²) in [6.07, 6.45) is 1.92. The van der Waals surface area contributed by atoms with E-state index in [-0.39, 0.29) is 12.4 Å². The molecule has 0 radical (unpaired) electrons. The van der Waals surface area contributed by atoms with E-state index in [0.29, 0.717) is 13.2 Å². The molecule has 4 rings (SSSR count). The van der Waals surface area contributed by atoms with Crippen LogP contribution in [0.1, 0.15) is 45.7 Å². The van der Waals surface area contributed by atoms with Gasteiger partial charge in [0.1, 0.15) is 5.58 Å². The zero-order chi connectivity index (χ0) is 22.9. The van der Waals surface area contributed by atoms with Gasteiger partial charge in [-0.3, -0.25) is 4.79 Å². The SMILES string of the molecule is CCOC(=O)Cc1ccccc1NCc1cc(B2OC(C)(C)C(C)(C)O2)c2occc2c1. The van der Waals surface area contributed by atoms with Crippen molar-refractivity contribution < 1.29 is 23.3 Å². The maximum absolute atomic E-state index is 12.0. The molecule has 7 heteroatoms. The summed E-state index contributed by atoms with van der Waals surface area (Å²) in [5.41, 5.74) is 3.66. The minimum atomic E-state index is -0.510. The van der Waals surface area contributed by atoms with Gasteiger partial charge in [0, 0.05) is 23.1 Å². The first-order valence-electron chi connectivity index (χ1n) is 11.0. The average molecular weight is 435 g/mol. The van der Waals surface area contributed by atoms with Gasteiger partial charge in [-0.1, -0.05) is 24.3 Å². The van der Waals surface area contributed by atoms with Crippen molar-refractivity contribution in [1.29, 1.82) is 0 Å². The number of fused-ring (bicyclic) bond motifs is 1. The summed E-state index contributed by atoms with van der Waals surface area (Å²) < 4.78 is 23.4. The third kappa shape index (κ3) is 4.40. The smallest absolute Gasteiger partial charge is 0.466 e. The first-order chi connectivity index (χ1) is 15.2. The molecule has 3 aromatic rings. The van der Waals surface area contributed by atoms with Gasteiger partial charge >= 0.3 is 13.1 Å². The molecule has 0 saturated carbocycles. The highest BCUT2D eigenvalue weighted by Gasteiger charge is 2.52. The van der Waals surface area contributed by atoms with Crippen molar-refractivity contribution >= 4 is 35.2 Å². The number of hydrogen-bond donors (Lipinski definition) is 1. The molecule has 2 aromatic carbocycles. The average Bonchev–Trinajstić information content (AvgIpc) is 3.28. The van der Waals surface area contributed by atoms with Crippen molar-refractivity contribution in [3.8, 4) is 0 Å². The largest absolute Gasteiger partial charge is 0.498 e. The second-order valence-electron chi connectivity index (χ2n) is 9.10. The molecular weight excluding hydrogens is 405 g/mol. The van der Waals surface area contributed by atoms with E-state index in [2.05, 4.69) is 17.4 Å². The lowest BCUT2D eigenvalue weighted by Crippen LogP contribution is -2.41. The number of benzene rings is 2. The monoisotopic (exact) mass is 435 g/mol. The van der Waals surface area contributed by atoms with Gasteiger partial charge < -0.3 is 23.8 Å². The number of ether oxygens (including phenoxy) is 1. The highest BCUT2D eigenvalue weighted by Crippen LogP contribution is 2.37. The Hall–Kier alpha value is -2.77. The Morgan fingerprint density at radius 3 is 2.50 bits per heavy atom. The second kappa shape index (κ2) is 8.64. The van der Waals surface area contributed by atoms with Gasteiger partial charge in [-0.05, 0) is 63.9 Å². The highest BCUT2D eigenvalue weighted by molar-refractivity contribution is 6.64. The normalized spacial score (nSPS) is 17.0. The molecule has 1 aliphatic heterocycles. The van der Waals surface area contributed by atoms with Crippen LogP contribution in [0.3, 0.4) is 0 Å². The van der Waals surface area contributed by atoms with E-state index >= 15 is 0 Å². The van der Waals surface area contributed by atoms with Gasteiger partial charge in [0.2, 0.25) is 0 Å². The summed E-state index contributed by atoms with van der Waals surface area (Å²) >= 11 is 0. The van der Waals surface area contributed by atoms with Crippen molar-refractivity contribution in [3.63, 3.8) is 0 Å². The fraction of sp³-hybridized carbons (Fsp3) is 0.400. The zero-order valence-corrected chi connectivity index (χ0v) is 19.4. The van der Waals surface area contributed by atoms with E-state index in [1.54, 1.807) is 6.26 Å². The van der Waals surface area contributed by atoms with Crippen LogP contribution in [0.5, 0.6) is 0 Å². The Morgan fingerprint density at radius 2 is 1.78 bits per heavy atom. The molecule has 1 N–H and O–H groups in total. The van der Waals surface area contributed by atoms with Gasteiger partial charge in [-0.2, -0.15) is 0 Å². The number of para-hydroxylation sites is 1. The lowest BCUT2D eigenvalue weighted by atomic mass is 9.77.